The predicted molar refractivity (Wildman–Crippen MR) is 72.2 cm³/mol. The minimum Gasteiger partial charge on any atom is -0.346 e. The Balaban J connectivity index is 3.00. The summed E-state index contributed by atoms with van der Waals surface area (Å²) in [6.07, 6.45) is 2.06. The van der Waals surface area contributed by atoms with Gasteiger partial charge in [-0.05, 0) is 26.7 Å². The lowest BCUT2D eigenvalue weighted by Gasteiger charge is -2.34. The van der Waals surface area contributed by atoms with Gasteiger partial charge in [0.05, 0.1) is 5.69 Å². The van der Waals surface area contributed by atoms with Crippen LogP contribution in [0.3, 0.4) is 0 Å². The highest BCUT2D eigenvalue weighted by Crippen LogP contribution is 2.31. The molecule has 0 aliphatic carbocycles. The second-order valence-corrected chi connectivity index (χ2v) is 5.71. The third-order valence-corrected chi connectivity index (χ3v) is 4.54. The molecule has 0 bridgehead atoms. The van der Waals surface area contributed by atoms with Crippen molar-refractivity contribution < 1.29 is 0 Å². The molecule has 0 fully saturated rings. The van der Waals surface area contributed by atoms with Crippen LogP contribution in [0.25, 0.3) is 0 Å². The standard InChI is InChI=1S/C12H23N3S/c1-6-9-10(8-13)16-11(14-9)15(5)12(3,4)7-2/h6-8,13H2,1-5H3. The van der Waals surface area contributed by atoms with Crippen molar-refractivity contribution in [1.82, 2.24) is 4.98 Å². The normalized spacial score (nSPS) is 11.9. The summed E-state index contributed by atoms with van der Waals surface area (Å²) in [7, 11) is 2.11. The Labute approximate surface area is 103 Å². The van der Waals surface area contributed by atoms with Gasteiger partial charge in [0.25, 0.3) is 0 Å². The highest BCUT2D eigenvalue weighted by atomic mass is 32.1. The van der Waals surface area contributed by atoms with Crippen LogP contribution in [-0.2, 0) is 13.0 Å². The molecule has 0 aromatic carbocycles. The third kappa shape index (κ3) is 2.55. The van der Waals surface area contributed by atoms with Crippen LogP contribution in [0.5, 0.6) is 0 Å². The van der Waals surface area contributed by atoms with E-state index in [1.54, 1.807) is 11.3 Å². The largest absolute Gasteiger partial charge is 0.346 e. The van der Waals surface area contributed by atoms with Gasteiger partial charge in [0.15, 0.2) is 5.13 Å². The molecule has 0 radical (unpaired) electrons. The predicted octanol–water partition coefficient (Wildman–Crippen LogP) is 2.79. The maximum absolute atomic E-state index is 5.73. The molecule has 1 aromatic rings. The average molecular weight is 241 g/mol. The van der Waals surface area contributed by atoms with E-state index in [0.717, 1.165) is 23.7 Å². The smallest absolute Gasteiger partial charge is 0.186 e. The van der Waals surface area contributed by atoms with Crippen LogP contribution < -0.4 is 10.6 Å². The van der Waals surface area contributed by atoms with Gasteiger partial charge in [0.1, 0.15) is 0 Å². The van der Waals surface area contributed by atoms with E-state index in [9.17, 15) is 0 Å². The van der Waals surface area contributed by atoms with Crippen LogP contribution in [0.2, 0.25) is 0 Å². The second kappa shape index (κ2) is 5.15. The average Bonchev–Trinajstić information content (AvgIpc) is 2.70. The summed E-state index contributed by atoms with van der Waals surface area (Å²) in [5.74, 6) is 0. The minimum absolute atomic E-state index is 0.148. The van der Waals surface area contributed by atoms with Gasteiger partial charge in [0.2, 0.25) is 0 Å². The molecule has 3 nitrogen and oxygen atoms in total. The van der Waals surface area contributed by atoms with Crippen LogP contribution in [-0.4, -0.2) is 17.6 Å². The molecule has 1 aromatic heterocycles. The van der Waals surface area contributed by atoms with Crippen LogP contribution >= 0.6 is 11.3 Å². The first-order valence-corrected chi connectivity index (χ1v) is 6.70. The highest BCUT2D eigenvalue weighted by Gasteiger charge is 2.24. The highest BCUT2D eigenvalue weighted by molar-refractivity contribution is 7.15. The van der Waals surface area contributed by atoms with Crippen molar-refractivity contribution in [2.75, 3.05) is 11.9 Å². The van der Waals surface area contributed by atoms with E-state index in [1.165, 1.54) is 4.88 Å². The van der Waals surface area contributed by atoms with E-state index in [2.05, 4.69) is 44.6 Å². The monoisotopic (exact) mass is 241 g/mol. The Hall–Kier alpha value is -0.610. The van der Waals surface area contributed by atoms with Crippen molar-refractivity contribution in [2.45, 2.75) is 52.6 Å². The van der Waals surface area contributed by atoms with E-state index in [0.29, 0.717) is 6.54 Å². The number of rotatable bonds is 5. The quantitative estimate of drug-likeness (QED) is 0.862. The Bertz CT molecular complexity index is 323. The molecule has 0 spiro atoms. The molecule has 0 unspecified atom stereocenters. The van der Waals surface area contributed by atoms with Crippen LogP contribution in [0, 0.1) is 0 Å². The van der Waals surface area contributed by atoms with Gasteiger partial charge in [-0.3, -0.25) is 0 Å². The van der Waals surface area contributed by atoms with Crippen LogP contribution in [0.1, 0.15) is 44.7 Å². The first-order valence-electron chi connectivity index (χ1n) is 5.88. The van der Waals surface area contributed by atoms with E-state index < -0.39 is 0 Å². The summed E-state index contributed by atoms with van der Waals surface area (Å²) in [6, 6.07) is 0. The Morgan fingerprint density at radius 3 is 2.38 bits per heavy atom. The lowest BCUT2D eigenvalue weighted by atomic mass is 10.0. The summed E-state index contributed by atoms with van der Waals surface area (Å²) in [6.45, 7) is 9.41. The fourth-order valence-electron chi connectivity index (χ4n) is 1.44. The number of aryl methyl sites for hydroxylation is 1. The first kappa shape index (κ1) is 13.5. The molecule has 0 saturated carbocycles. The molecule has 1 heterocycles. The van der Waals surface area contributed by atoms with E-state index in [4.69, 9.17) is 5.73 Å². The lowest BCUT2D eigenvalue weighted by molar-refractivity contribution is 0.470. The molecule has 0 atom stereocenters. The van der Waals surface area contributed by atoms with Gasteiger partial charge < -0.3 is 10.6 Å². The molecule has 0 aliphatic heterocycles. The zero-order chi connectivity index (χ0) is 12.3. The first-order chi connectivity index (χ1) is 7.46. The molecule has 4 heteroatoms. The molecule has 0 amide bonds. The van der Waals surface area contributed by atoms with Gasteiger partial charge in [-0.1, -0.05) is 13.8 Å². The van der Waals surface area contributed by atoms with Gasteiger partial charge >= 0.3 is 0 Å². The zero-order valence-corrected chi connectivity index (χ0v) is 11.8. The second-order valence-electron chi connectivity index (χ2n) is 4.65. The van der Waals surface area contributed by atoms with Gasteiger partial charge in [0, 0.05) is 24.0 Å². The molecule has 92 valence electrons. The number of hydrogen-bond donors (Lipinski definition) is 1. The topological polar surface area (TPSA) is 42.2 Å². The van der Waals surface area contributed by atoms with Crippen molar-refractivity contribution in [2.24, 2.45) is 5.73 Å². The SMILES string of the molecule is CCc1nc(N(C)C(C)(C)CC)sc1CN. The fourth-order valence-corrected chi connectivity index (χ4v) is 2.60. The summed E-state index contributed by atoms with van der Waals surface area (Å²) in [4.78, 5) is 8.16. The van der Waals surface area contributed by atoms with E-state index in [-0.39, 0.29) is 5.54 Å². The number of thiazole rings is 1. The zero-order valence-electron chi connectivity index (χ0n) is 11.0. The molecule has 0 aliphatic rings. The summed E-state index contributed by atoms with van der Waals surface area (Å²) >= 11 is 1.72. The molecule has 2 N–H and O–H groups in total. The minimum atomic E-state index is 0.148. The summed E-state index contributed by atoms with van der Waals surface area (Å²) in [5, 5.41) is 1.09. The van der Waals surface area contributed by atoms with Crippen molar-refractivity contribution in [1.29, 1.82) is 0 Å². The van der Waals surface area contributed by atoms with Crippen molar-refractivity contribution in [3.63, 3.8) is 0 Å². The number of nitrogens with two attached hydrogens (primary N) is 1. The molecular formula is C12H23N3S. The number of nitrogens with zero attached hydrogens (tertiary/aromatic N) is 2. The molecular weight excluding hydrogens is 218 g/mol. The maximum atomic E-state index is 5.73. The van der Waals surface area contributed by atoms with Crippen LogP contribution in [0.15, 0.2) is 0 Å². The Morgan fingerprint density at radius 1 is 1.38 bits per heavy atom. The lowest BCUT2D eigenvalue weighted by Crippen LogP contribution is -2.40. The van der Waals surface area contributed by atoms with Crippen LogP contribution in [0.4, 0.5) is 5.13 Å². The Morgan fingerprint density at radius 2 is 2.00 bits per heavy atom. The van der Waals surface area contributed by atoms with E-state index >= 15 is 0 Å². The number of aromatic nitrogens is 1. The van der Waals surface area contributed by atoms with Crippen molar-refractivity contribution in [3.05, 3.63) is 10.6 Å². The maximum Gasteiger partial charge on any atom is 0.186 e. The number of hydrogen-bond acceptors (Lipinski definition) is 4. The van der Waals surface area contributed by atoms with Gasteiger partial charge in [-0.25, -0.2) is 4.98 Å². The molecule has 16 heavy (non-hydrogen) atoms. The third-order valence-electron chi connectivity index (χ3n) is 3.35. The molecule has 1 rings (SSSR count). The van der Waals surface area contributed by atoms with Crippen molar-refractivity contribution in [3.8, 4) is 0 Å². The summed E-state index contributed by atoms with van der Waals surface area (Å²) in [5.41, 5.74) is 7.03. The Kier molecular flexibility index (Phi) is 4.33. The van der Waals surface area contributed by atoms with E-state index in [1.807, 2.05) is 0 Å². The van der Waals surface area contributed by atoms with Crippen molar-refractivity contribution >= 4 is 16.5 Å². The van der Waals surface area contributed by atoms with Gasteiger partial charge in [-0.2, -0.15) is 0 Å². The molecule has 0 saturated heterocycles. The summed E-state index contributed by atoms with van der Waals surface area (Å²) < 4.78 is 0. The number of anilines is 1. The fraction of sp³-hybridized carbons (Fsp3) is 0.750. The van der Waals surface area contributed by atoms with Gasteiger partial charge in [-0.15, -0.1) is 11.3 Å².